The molecule has 0 spiro atoms. The van der Waals surface area contributed by atoms with Crippen molar-refractivity contribution in [3.05, 3.63) is 40.3 Å². The Morgan fingerprint density at radius 2 is 2.42 bits per heavy atom. The highest BCUT2D eigenvalue weighted by atomic mass is 32.2. The third kappa shape index (κ3) is 3.46. The lowest BCUT2D eigenvalue weighted by Crippen LogP contribution is -2.21. The predicted octanol–water partition coefficient (Wildman–Crippen LogP) is 0.644. The van der Waals surface area contributed by atoms with Gasteiger partial charge >= 0.3 is 11.9 Å². The molecule has 2 aliphatic heterocycles. The number of aliphatic carboxylic acids is 1. The summed E-state index contributed by atoms with van der Waals surface area (Å²) in [7, 11) is 1.30. The van der Waals surface area contributed by atoms with Crippen LogP contribution in [0.25, 0.3) is 0 Å². The van der Waals surface area contributed by atoms with Crippen LogP contribution < -0.4 is 5.32 Å². The highest BCUT2D eigenvalue weighted by Gasteiger charge is 2.27. The van der Waals surface area contributed by atoms with Crippen LogP contribution in [0, 0.1) is 0 Å². The number of carboxylic acid groups (broad SMARTS) is 1. The van der Waals surface area contributed by atoms with E-state index in [1.165, 1.54) is 30.5 Å². The maximum Gasteiger partial charge on any atom is 0.352 e. The molecule has 0 radical (unpaired) electrons. The van der Waals surface area contributed by atoms with Crippen LogP contribution in [-0.2, 0) is 38.6 Å². The summed E-state index contributed by atoms with van der Waals surface area (Å²) in [6, 6.07) is 1.95. The van der Waals surface area contributed by atoms with Gasteiger partial charge in [-0.05, 0) is 6.07 Å². The van der Waals surface area contributed by atoms with E-state index in [0.29, 0.717) is 31.8 Å². The van der Waals surface area contributed by atoms with Gasteiger partial charge in [-0.25, -0.2) is 9.59 Å². The zero-order valence-electron chi connectivity index (χ0n) is 13.0. The van der Waals surface area contributed by atoms with Crippen LogP contribution in [0.5, 0.6) is 0 Å². The van der Waals surface area contributed by atoms with Crippen molar-refractivity contribution in [1.29, 1.82) is 0 Å². The number of hydrogen-bond donors (Lipinski definition) is 2. The zero-order chi connectivity index (χ0) is 17.1. The number of nitrogens with zero attached hydrogens (tertiary/aromatic N) is 2. The second kappa shape index (κ2) is 7.10. The molecular formula is C15H17N3O5S. The fraction of sp³-hybridized carbons (Fsp3) is 0.400. The average Bonchev–Trinajstić information content (AvgIpc) is 2.86. The molecule has 3 heterocycles. The van der Waals surface area contributed by atoms with Gasteiger partial charge in [0.1, 0.15) is 5.70 Å². The third-order valence-corrected chi connectivity index (χ3v) is 4.86. The molecule has 0 aromatic carbocycles. The molecule has 0 amide bonds. The molecule has 128 valence electrons. The number of rotatable bonds is 4. The van der Waals surface area contributed by atoms with Crippen LogP contribution in [0.4, 0.5) is 0 Å². The standard InChI is InChI=1S/C15H17N3O5S/c1-22-15(21)11-6-16-12(14(19)20)8-24-13(11)5-9-4-10-7-23-3-2-18(10)17-9/h4,6,8,13,16H,2-3,5,7H2,1H3,(H,19,20). The molecular weight excluding hydrogens is 334 g/mol. The number of methoxy groups -OCH3 is 1. The van der Waals surface area contributed by atoms with Crippen molar-refractivity contribution >= 4 is 23.7 Å². The topological polar surface area (TPSA) is 103 Å². The Kier molecular flexibility index (Phi) is 4.91. The van der Waals surface area contributed by atoms with Crippen molar-refractivity contribution in [1.82, 2.24) is 15.1 Å². The molecule has 0 aliphatic carbocycles. The Bertz CT molecular complexity index is 701. The summed E-state index contributed by atoms with van der Waals surface area (Å²) in [5, 5.41) is 17.5. The SMILES string of the molecule is COC(=O)C1=CNC(C(=O)O)=CSC1Cc1cc2n(n1)CCOC2. The molecule has 1 aromatic heterocycles. The van der Waals surface area contributed by atoms with E-state index < -0.39 is 11.9 Å². The number of nitrogens with one attached hydrogen (secondary N) is 1. The fourth-order valence-corrected chi connectivity index (χ4v) is 3.57. The number of ether oxygens (including phenoxy) is 2. The molecule has 9 heteroatoms. The number of carboxylic acids is 1. The van der Waals surface area contributed by atoms with Crippen molar-refractivity contribution < 1.29 is 24.2 Å². The Hall–Kier alpha value is -2.26. The number of hydrogen-bond acceptors (Lipinski definition) is 7. The Balaban J connectivity index is 1.83. The predicted molar refractivity (Wildman–Crippen MR) is 85.9 cm³/mol. The van der Waals surface area contributed by atoms with Crippen LogP contribution in [-0.4, -0.2) is 45.8 Å². The van der Waals surface area contributed by atoms with E-state index in [1.807, 2.05) is 10.7 Å². The monoisotopic (exact) mass is 351 g/mol. The minimum absolute atomic E-state index is 0.0152. The summed E-state index contributed by atoms with van der Waals surface area (Å²) in [6.07, 6.45) is 1.88. The van der Waals surface area contributed by atoms with E-state index in [4.69, 9.17) is 14.6 Å². The number of esters is 1. The van der Waals surface area contributed by atoms with Crippen LogP contribution in [0.2, 0.25) is 0 Å². The van der Waals surface area contributed by atoms with E-state index in [2.05, 4.69) is 10.4 Å². The van der Waals surface area contributed by atoms with Crippen molar-refractivity contribution in [2.75, 3.05) is 13.7 Å². The zero-order valence-corrected chi connectivity index (χ0v) is 13.8. The quantitative estimate of drug-likeness (QED) is 0.762. The number of aromatic nitrogens is 2. The molecule has 2 aliphatic rings. The number of fused-ring (bicyclic) bond motifs is 1. The summed E-state index contributed by atoms with van der Waals surface area (Å²) in [6.45, 7) is 1.86. The molecule has 1 unspecified atom stereocenters. The smallest absolute Gasteiger partial charge is 0.352 e. The average molecular weight is 351 g/mol. The number of thioether (sulfide) groups is 1. The van der Waals surface area contributed by atoms with Crippen LogP contribution >= 0.6 is 11.8 Å². The maximum absolute atomic E-state index is 12.0. The molecule has 1 atom stereocenters. The van der Waals surface area contributed by atoms with Crippen LogP contribution in [0.1, 0.15) is 11.4 Å². The molecule has 0 bridgehead atoms. The summed E-state index contributed by atoms with van der Waals surface area (Å²) in [5.74, 6) is -1.58. The van der Waals surface area contributed by atoms with Gasteiger partial charge in [0.05, 0.1) is 43.8 Å². The molecule has 0 saturated carbocycles. The van der Waals surface area contributed by atoms with Crippen LogP contribution in [0.3, 0.4) is 0 Å². The number of carbonyl (C=O) groups is 2. The molecule has 0 saturated heterocycles. The lowest BCUT2D eigenvalue weighted by atomic mass is 10.1. The van der Waals surface area contributed by atoms with Crippen molar-refractivity contribution in [3.63, 3.8) is 0 Å². The normalized spacial score (nSPS) is 20.1. The summed E-state index contributed by atoms with van der Waals surface area (Å²) < 4.78 is 12.1. The van der Waals surface area contributed by atoms with Crippen molar-refractivity contribution in [2.45, 2.75) is 24.8 Å². The van der Waals surface area contributed by atoms with Crippen molar-refractivity contribution in [2.24, 2.45) is 0 Å². The third-order valence-electron chi connectivity index (χ3n) is 3.74. The van der Waals surface area contributed by atoms with Gasteiger partial charge in [-0.3, -0.25) is 4.68 Å². The molecule has 3 rings (SSSR count). The molecule has 2 N–H and O–H groups in total. The van der Waals surface area contributed by atoms with Gasteiger partial charge in [-0.1, -0.05) is 0 Å². The van der Waals surface area contributed by atoms with Gasteiger partial charge < -0.3 is 19.9 Å². The van der Waals surface area contributed by atoms with Gasteiger partial charge in [0, 0.05) is 23.3 Å². The first-order valence-corrected chi connectivity index (χ1v) is 8.30. The van der Waals surface area contributed by atoms with E-state index in [1.54, 1.807) is 0 Å². The van der Waals surface area contributed by atoms with E-state index in [9.17, 15) is 9.59 Å². The van der Waals surface area contributed by atoms with Gasteiger partial charge in [-0.15, -0.1) is 11.8 Å². The van der Waals surface area contributed by atoms with Crippen molar-refractivity contribution in [3.8, 4) is 0 Å². The Labute approximate surface area is 142 Å². The lowest BCUT2D eigenvalue weighted by Gasteiger charge is -2.14. The van der Waals surface area contributed by atoms with Gasteiger partial charge in [0.15, 0.2) is 0 Å². The van der Waals surface area contributed by atoms with Gasteiger partial charge in [-0.2, -0.15) is 5.10 Å². The minimum Gasteiger partial charge on any atom is -0.477 e. The maximum atomic E-state index is 12.0. The van der Waals surface area contributed by atoms with E-state index in [0.717, 1.165) is 11.4 Å². The Morgan fingerprint density at radius 1 is 1.58 bits per heavy atom. The first kappa shape index (κ1) is 16.6. The second-order valence-corrected chi connectivity index (χ2v) is 6.38. The highest BCUT2D eigenvalue weighted by Crippen LogP contribution is 2.28. The fourth-order valence-electron chi connectivity index (χ4n) is 2.53. The molecule has 1 aromatic rings. The van der Waals surface area contributed by atoms with Gasteiger partial charge in [0.2, 0.25) is 0 Å². The van der Waals surface area contributed by atoms with Gasteiger partial charge in [0.25, 0.3) is 0 Å². The molecule has 24 heavy (non-hydrogen) atoms. The van der Waals surface area contributed by atoms with E-state index in [-0.39, 0.29) is 10.9 Å². The minimum atomic E-state index is -1.08. The highest BCUT2D eigenvalue weighted by molar-refractivity contribution is 8.03. The first-order valence-electron chi connectivity index (χ1n) is 7.35. The first-order chi connectivity index (χ1) is 11.6. The largest absolute Gasteiger partial charge is 0.477 e. The number of carbonyl (C=O) groups excluding carboxylic acids is 1. The lowest BCUT2D eigenvalue weighted by molar-refractivity contribution is -0.136. The molecule has 8 nitrogen and oxygen atoms in total. The summed E-state index contributed by atoms with van der Waals surface area (Å²) in [4.78, 5) is 23.2. The Morgan fingerprint density at radius 3 is 3.12 bits per heavy atom. The second-order valence-electron chi connectivity index (χ2n) is 5.30. The van der Waals surface area contributed by atoms with E-state index >= 15 is 0 Å². The summed E-state index contributed by atoms with van der Waals surface area (Å²) in [5.41, 5.74) is 2.21. The summed E-state index contributed by atoms with van der Waals surface area (Å²) >= 11 is 1.26. The molecule has 0 fully saturated rings. The van der Waals surface area contributed by atoms with Crippen LogP contribution in [0.15, 0.2) is 28.9 Å².